The van der Waals surface area contributed by atoms with Gasteiger partial charge in [-0.05, 0) is 33.8 Å². The Balaban J connectivity index is 2.10. The lowest BCUT2D eigenvalue weighted by Crippen LogP contribution is -2.34. The van der Waals surface area contributed by atoms with Gasteiger partial charge in [0.2, 0.25) is 0 Å². The first-order chi connectivity index (χ1) is 9.80. The zero-order valence-electron chi connectivity index (χ0n) is 12.6. The number of carbonyl (C=O) groups excluding carboxylic acids is 2. The second kappa shape index (κ2) is 5.59. The lowest BCUT2D eigenvalue weighted by atomic mass is 10.2. The third-order valence-corrected chi connectivity index (χ3v) is 2.66. The minimum Gasteiger partial charge on any atom is -0.448 e. The fraction of sp³-hybridized carbons (Fsp3) is 0.500. The van der Waals surface area contributed by atoms with Crippen molar-refractivity contribution in [1.29, 1.82) is 0 Å². The van der Waals surface area contributed by atoms with Gasteiger partial charge in [0.05, 0.1) is 18.8 Å². The van der Waals surface area contributed by atoms with Gasteiger partial charge in [-0.15, -0.1) is 0 Å². The molecule has 0 saturated heterocycles. The van der Waals surface area contributed by atoms with Crippen LogP contribution in [-0.2, 0) is 16.0 Å². The first-order valence-electron chi connectivity index (χ1n) is 6.73. The van der Waals surface area contributed by atoms with E-state index in [1.165, 1.54) is 4.90 Å². The van der Waals surface area contributed by atoms with Crippen molar-refractivity contribution in [2.45, 2.75) is 39.8 Å². The van der Waals surface area contributed by atoms with Crippen LogP contribution in [0.3, 0.4) is 0 Å². The number of hydrogen-bond donors (Lipinski definition) is 0. The van der Waals surface area contributed by atoms with E-state index < -0.39 is 17.8 Å². The second-order valence-corrected chi connectivity index (χ2v) is 5.61. The number of nitrogens with zero attached hydrogens (tertiary/aromatic N) is 3. The van der Waals surface area contributed by atoms with Gasteiger partial charge in [-0.2, -0.15) is 9.78 Å². The predicted molar refractivity (Wildman–Crippen MR) is 75.5 cm³/mol. The minimum absolute atomic E-state index is 0.281. The van der Waals surface area contributed by atoms with Gasteiger partial charge in [0.1, 0.15) is 5.60 Å². The number of carbonyl (C=O) groups is 2. The topological polar surface area (TPSA) is 73.7 Å². The Labute approximate surface area is 123 Å². The number of aromatic nitrogens is 2. The van der Waals surface area contributed by atoms with E-state index in [-0.39, 0.29) is 6.61 Å². The van der Waals surface area contributed by atoms with E-state index in [1.807, 2.05) is 20.8 Å². The molecular weight excluding hydrogens is 274 g/mol. The molecule has 0 saturated carbocycles. The molecule has 7 heteroatoms. The Morgan fingerprint density at radius 2 is 2.05 bits per heavy atom. The average molecular weight is 293 g/mol. The van der Waals surface area contributed by atoms with Crippen LogP contribution in [0.4, 0.5) is 9.59 Å². The summed E-state index contributed by atoms with van der Waals surface area (Å²) in [5.41, 5.74) is 0.847. The van der Waals surface area contributed by atoms with Crippen LogP contribution in [0.15, 0.2) is 12.4 Å². The summed E-state index contributed by atoms with van der Waals surface area (Å²) >= 11 is 0. The number of fused-ring (bicyclic) bond motifs is 1. The van der Waals surface area contributed by atoms with Gasteiger partial charge in [0, 0.05) is 18.0 Å². The fourth-order valence-electron chi connectivity index (χ4n) is 1.81. The molecule has 2 heterocycles. The van der Waals surface area contributed by atoms with Gasteiger partial charge in [-0.25, -0.2) is 9.59 Å². The van der Waals surface area contributed by atoms with Crippen LogP contribution in [0.1, 0.15) is 39.0 Å². The Bertz CT molecular complexity index is 584. The van der Waals surface area contributed by atoms with Crippen molar-refractivity contribution in [3.63, 3.8) is 0 Å². The van der Waals surface area contributed by atoms with Crippen molar-refractivity contribution in [3.05, 3.63) is 23.7 Å². The molecule has 1 aromatic rings. The zero-order valence-corrected chi connectivity index (χ0v) is 12.6. The van der Waals surface area contributed by atoms with Crippen LogP contribution in [0, 0.1) is 0 Å². The summed E-state index contributed by atoms with van der Waals surface area (Å²) in [5.74, 6) is 0. The summed E-state index contributed by atoms with van der Waals surface area (Å²) in [5, 5.41) is 4.11. The zero-order chi connectivity index (χ0) is 15.6. The summed E-state index contributed by atoms with van der Waals surface area (Å²) in [7, 11) is 0. The quantitative estimate of drug-likeness (QED) is 0.795. The van der Waals surface area contributed by atoms with Gasteiger partial charge in [0.25, 0.3) is 0 Å². The first-order valence-corrected chi connectivity index (χ1v) is 6.73. The maximum atomic E-state index is 12.0. The highest BCUT2D eigenvalue weighted by molar-refractivity contribution is 5.74. The maximum absolute atomic E-state index is 12.0. The normalized spacial score (nSPS) is 13.8. The molecule has 0 bridgehead atoms. The largest absolute Gasteiger partial charge is 0.448 e. The molecule has 21 heavy (non-hydrogen) atoms. The summed E-state index contributed by atoms with van der Waals surface area (Å²) in [6.07, 6.45) is 3.85. The van der Waals surface area contributed by atoms with Gasteiger partial charge in [-0.3, -0.25) is 4.90 Å². The molecule has 0 radical (unpaired) electrons. The summed E-state index contributed by atoms with van der Waals surface area (Å²) in [6, 6.07) is 0. The third-order valence-electron chi connectivity index (χ3n) is 2.66. The van der Waals surface area contributed by atoms with Crippen molar-refractivity contribution in [2.75, 3.05) is 6.61 Å². The van der Waals surface area contributed by atoms with Crippen LogP contribution >= 0.6 is 0 Å². The van der Waals surface area contributed by atoms with Crippen LogP contribution in [0.2, 0.25) is 0 Å². The van der Waals surface area contributed by atoms with Crippen LogP contribution in [0.25, 0.3) is 6.08 Å². The van der Waals surface area contributed by atoms with Crippen molar-refractivity contribution in [2.24, 2.45) is 0 Å². The Morgan fingerprint density at radius 3 is 2.67 bits per heavy atom. The molecule has 7 nitrogen and oxygen atoms in total. The van der Waals surface area contributed by atoms with Crippen molar-refractivity contribution in [3.8, 4) is 0 Å². The van der Waals surface area contributed by atoms with E-state index in [2.05, 4.69) is 5.10 Å². The average Bonchev–Trinajstić information content (AvgIpc) is 2.79. The van der Waals surface area contributed by atoms with E-state index in [0.717, 1.165) is 10.2 Å². The SMILES string of the molecule is CCOC(=O)n1cc2c(n1)C=CN(C(=O)OC(C)(C)C)C2. The monoisotopic (exact) mass is 293 g/mol. The highest BCUT2D eigenvalue weighted by atomic mass is 16.6. The van der Waals surface area contributed by atoms with E-state index in [1.54, 1.807) is 25.4 Å². The smallest absolute Gasteiger partial charge is 0.434 e. The molecule has 2 rings (SSSR count). The number of ether oxygens (including phenoxy) is 2. The van der Waals surface area contributed by atoms with Gasteiger partial charge in [0.15, 0.2) is 0 Å². The molecule has 0 atom stereocenters. The number of hydrogen-bond acceptors (Lipinski definition) is 5. The number of rotatable bonds is 1. The summed E-state index contributed by atoms with van der Waals surface area (Å²) in [4.78, 5) is 25.1. The molecule has 0 unspecified atom stereocenters. The van der Waals surface area contributed by atoms with Crippen molar-refractivity contribution < 1.29 is 19.1 Å². The molecule has 1 aliphatic heterocycles. The molecule has 0 aromatic carbocycles. The standard InChI is InChI=1S/C14H19N3O4/c1-5-20-13(19)17-9-10-8-16(7-6-11(10)15-17)12(18)21-14(2,3)4/h6-7,9H,5,8H2,1-4H3. The summed E-state index contributed by atoms with van der Waals surface area (Å²) in [6.45, 7) is 7.74. The molecule has 1 aromatic heterocycles. The van der Waals surface area contributed by atoms with Gasteiger partial charge < -0.3 is 9.47 Å². The molecule has 1 amide bonds. The minimum atomic E-state index is -0.555. The fourth-order valence-corrected chi connectivity index (χ4v) is 1.81. The molecule has 1 aliphatic rings. The van der Waals surface area contributed by atoms with Gasteiger partial charge >= 0.3 is 12.2 Å². The molecular formula is C14H19N3O4. The lowest BCUT2D eigenvalue weighted by Gasteiger charge is -2.26. The van der Waals surface area contributed by atoms with E-state index in [9.17, 15) is 9.59 Å². The highest BCUT2D eigenvalue weighted by Crippen LogP contribution is 2.20. The Hall–Kier alpha value is -2.31. The van der Waals surface area contributed by atoms with Gasteiger partial charge in [-0.1, -0.05) is 0 Å². The molecule has 0 N–H and O–H groups in total. The molecule has 114 valence electrons. The van der Waals surface area contributed by atoms with E-state index >= 15 is 0 Å². The first kappa shape index (κ1) is 15.1. The highest BCUT2D eigenvalue weighted by Gasteiger charge is 2.25. The van der Waals surface area contributed by atoms with Crippen LogP contribution < -0.4 is 0 Å². The van der Waals surface area contributed by atoms with Crippen LogP contribution in [-0.4, -0.2) is 39.1 Å². The molecule has 0 aliphatic carbocycles. The van der Waals surface area contributed by atoms with E-state index in [4.69, 9.17) is 9.47 Å². The predicted octanol–water partition coefficient (Wildman–Crippen LogP) is 2.61. The lowest BCUT2D eigenvalue weighted by molar-refractivity contribution is 0.0322. The van der Waals surface area contributed by atoms with E-state index in [0.29, 0.717) is 12.2 Å². The number of amides is 1. The third kappa shape index (κ3) is 3.62. The molecule has 0 fully saturated rings. The van der Waals surface area contributed by atoms with Crippen molar-refractivity contribution >= 4 is 18.3 Å². The Morgan fingerprint density at radius 1 is 1.33 bits per heavy atom. The van der Waals surface area contributed by atoms with Crippen molar-refractivity contribution in [1.82, 2.24) is 14.7 Å². The van der Waals surface area contributed by atoms with Crippen LogP contribution in [0.5, 0.6) is 0 Å². The summed E-state index contributed by atoms with van der Waals surface area (Å²) < 4.78 is 11.3. The maximum Gasteiger partial charge on any atom is 0.434 e. The Kier molecular flexibility index (Phi) is 4.02. The second-order valence-electron chi connectivity index (χ2n) is 5.61. The molecule has 0 spiro atoms.